The summed E-state index contributed by atoms with van der Waals surface area (Å²) >= 11 is 0. The molecule has 16 heavy (non-hydrogen) atoms. The third-order valence-corrected chi connectivity index (χ3v) is 3.01. The van der Waals surface area contributed by atoms with Crippen molar-refractivity contribution in [2.24, 2.45) is 0 Å². The first-order valence-electron chi connectivity index (χ1n) is 5.42. The molecule has 0 fully saturated rings. The van der Waals surface area contributed by atoms with Gasteiger partial charge in [-0.05, 0) is 16.4 Å². The largest absolute Gasteiger partial charge is 0.511 e. The van der Waals surface area contributed by atoms with Crippen molar-refractivity contribution in [3.63, 3.8) is 0 Å². The van der Waals surface area contributed by atoms with Gasteiger partial charge in [0, 0.05) is 11.6 Å². The van der Waals surface area contributed by atoms with Crippen molar-refractivity contribution < 1.29 is 5.11 Å². The van der Waals surface area contributed by atoms with Crippen LogP contribution in [0.2, 0.25) is 0 Å². The van der Waals surface area contributed by atoms with Crippen LogP contribution < -0.4 is 10.4 Å². The predicted molar refractivity (Wildman–Crippen MR) is 66.1 cm³/mol. The van der Waals surface area contributed by atoms with E-state index in [0.717, 1.165) is 10.4 Å². The third-order valence-electron chi connectivity index (χ3n) is 3.01. The lowest BCUT2D eigenvalue weighted by Gasteiger charge is -2.13. The second kappa shape index (κ2) is 3.53. The van der Waals surface area contributed by atoms with Crippen molar-refractivity contribution in [1.29, 1.82) is 0 Å². The highest BCUT2D eigenvalue weighted by Crippen LogP contribution is 2.23. The molecule has 0 amide bonds. The minimum absolute atomic E-state index is 0.467. The van der Waals surface area contributed by atoms with Crippen molar-refractivity contribution in [3.05, 3.63) is 70.7 Å². The van der Waals surface area contributed by atoms with Crippen molar-refractivity contribution in [1.82, 2.24) is 0 Å². The van der Waals surface area contributed by atoms with Gasteiger partial charge >= 0.3 is 0 Å². The van der Waals surface area contributed by atoms with Crippen LogP contribution in [0, 0.1) is 0 Å². The van der Waals surface area contributed by atoms with Gasteiger partial charge < -0.3 is 5.11 Å². The number of aliphatic hydroxyl groups is 1. The quantitative estimate of drug-likeness (QED) is 0.691. The Morgan fingerprint density at radius 3 is 2.62 bits per heavy atom. The fraction of sp³-hybridized carbons (Fsp3) is 0.0667. The Kier molecular flexibility index (Phi) is 2.03. The number of allylic oxidation sites excluding steroid dienone is 5. The minimum Gasteiger partial charge on any atom is -0.511 e. The lowest BCUT2D eigenvalue weighted by Crippen LogP contribution is -2.32. The van der Waals surface area contributed by atoms with E-state index in [9.17, 15) is 5.11 Å². The fourth-order valence-electron chi connectivity index (χ4n) is 2.25. The average molecular weight is 208 g/mol. The van der Waals surface area contributed by atoms with E-state index < -0.39 is 0 Å². The van der Waals surface area contributed by atoms with Crippen molar-refractivity contribution >= 4 is 11.3 Å². The Morgan fingerprint density at radius 2 is 1.75 bits per heavy atom. The van der Waals surface area contributed by atoms with E-state index in [0.29, 0.717) is 12.2 Å². The highest BCUT2D eigenvalue weighted by molar-refractivity contribution is 5.79. The molecule has 0 radical (unpaired) electrons. The molecule has 0 spiro atoms. The summed E-state index contributed by atoms with van der Waals surface area (Å²) in [6, 6.07) is 8.00. The Hall–Kier alpha value is -2.02. The van der Waals surface area contributed by atoms with Crippen LogP contribution in [0.25, 0.3) is 11.3 Å². The summed E-state index contributed by atoms with van der Waals surface area (Å²) in [4.78, 5) is 0. The molecule has 3 rings (SSSR count). The average Bonchev–Trinajstić information content (AvgIpc) is 2.55. The standard InChI is InChI=1S/C15H12O/c16-15-10-11-6-2-1-3-7-12(11)13-8-4-5-9-14(13)15/h1-9,16H,10H2. The molecule has 0 saturated heterocycles. The maximum atomic E-state index is 10.0. The molecule has 1 aromatic rings. The zero-order chi connectivity index (χ0) is 11.0. The predicted octanol–water partition coefficient (Wildman–Crippen LogP) is 1.96. The zero-order valence-corrected chi connectivity index (χ0v) is 8.85. The SMILES string of the molecule is OC1=c2ccccc2=C2C=CC=CC=C2C1. The Morgan fingerprint density at radius 1 is 0.938 bits per heavy atom. The van der Waals surface area contributed by atoms with Gasteiger partial charge in [-0.15, -0.1) is 0 Å². The van der Waals surface area contributed by atoms with Crippen LogP contribution in [0.3, 0.4) is 0 Å². The summed E-state index contributed by atoms with van der Waals surface area (Å²) < 4.78 is 0. The topological polar surface area (TPSA) is 20.2 Å². The van der Waals surface area contributed by atoms with E-state index in [1.165, 1.54) is 11.1 Å². The first kappa shape index (κ1) is 9.22. The summed E-state index contributed by atoms with van der Waals surface area (Å²) in [5.41, 5.74) is 2.40. The van der Waals surface area contributed by atoms with Gasteiger partial charge in [-0.3, -0.25) is 0 Å². The molecule has 2 aliphatic carbocycles. The van der Waals surface area contributed by atoms with E-state index in [-0.39, 0.29) is 0 Å². The molecular formula is C15H12O. The van der Waals surface area contributed by atoms with Crippen LogP contribution in [0.5, 0.6) is 0 Å². The fourth-order valence-corrected chi connectivity index (χ4v) is 2.25. The van der Waals surface area contributed by atoms with E-state index >= 15 is 0 Å². The monoisotopic (exact) mass is 208 g/mol. The third kappa shape index (κ3) is 1.33. The number of hydrogen-bond acceptors (Lipinski definition) is 1. The summed E-state index contributed by atoms with van der Waals surface area (Å²) in [5.74, 6) is 0.467. The van der Waals surface area contributed by atoms with Crippen LogP contribution in [0.1, 0.15) is 6.42 Å². The first-order valence-corrected chi connectivity index (χ1v) is 5.42. The van der Waals surface area contributed by atoms with E-state index in [2.05, 4.69) is 18.2 Å². The Balaban J connectivity index is 2.48. The highest BCUT2D eigenvalue weighted by atomic mass is 16.3. The molecule has 2 aliphatic rings. The minimum atomic E-state index is 0.467. The van der Waals surface area contributed by atoms with Crippen LogP contribution in [0.15, 0.2) is 60.2 Å². The summed E-state index contributed by atoms with van der Waals surface area (Å²) in [6.45, 7) is 0. The van der Waals surface area contributed by atoms with Crippen molar-refractivity contribution in [3.8, 4) is 0 Å². The molecule has 1 nitrogen and oxygen atoms in total. The van der Waals surface area contributed by atoms with Crippen LogP contribution in [-0.2, 0) is 0 Å². The number of fused-ring (bicyclic) bond motifs is 2. The molecule has 0 bridgehead atoms. The van der Waals surface area contributed by atoms with Gasteiger partial charge in [-0.1, -0.05) is 54.6 Å². The normalized spacial score (nSPS) is 17.6. The van der Waals surface area contributed by atoms with E-state index in [4.69, 9.17) is 0 Å². The molecule has 1 heteroatoms. The molecular weight excluding hydrogens is 196 g/mol. The van der Waals surface area contributed by atoms with Gasteiger partial charge in [0.1, 0.15) is 5.76 Å². The number of aliphatic hydroxyl groups excluding tert-OH is 1. The first-order chi connectivity index (χ1) is 7.86. The van der Waals surface area contributed by atoms with Crippen LogP contribution in [-0.4, -0.2) is 5.11 Å². The van der Waals surface area contributed by atoms with Crippen molar-refractivity contribution in [2.45, 2.75) is 6.42 Å². The molecule has 1 N–H and O–H groups in total. The van der Waals surface area contributed by atoms with Crippen LogP contribution >= 0.6 is 0 Å². The lowest BCUT2D eigenvalue weighted by atomic mass is 9.93. The van der Waals surface area contributed by atoms with E-state index in [1.807, 2.05) is 36.4 Å². The number of hydrogen-bond donors (Lipinski definition) is 1. The van der Waals surface area contributed by atoms with Gasteiger partial charge in [0.2, 0.25) is 0 Å². The molecule has 0 atom stereocenters. The number of rotatable bonds is 0. The molecule has 78 valence electrons. The molecule has 1 aromatic carbocycles. The molecule has 0 aromatic heterocycles. The molecule has 0 unspecified atom stereocenters. The molecule has 0 aliphatic heterocycles. The molecule has 0 heterocycles. The lowest BCUT2D eigenvalue weighted by molar-refractivity contribution is 0.486. The maximum absolute atomic E-state index is 10.0. The van der Waals surface area contributed by atoms with Gasteiger partial charge in [0.05, 0.1) is 0 Å². The Bertz CT molecular complexity index is 642. The summed E-state index contributed by atoms with van der Waals surface area (Å²) in [5, 5.41) is 12.1. The van der Waals surface area contributed by atoms with Crippen LogP contribution in [0.4, 0.5) is 0 Å². The maximum Gasteiger partial charge on any atom is 0.104 e. The highest BCUT2D eigenvalue weighted by Gasteiger charge is 2.13. The second-order valence-corrected chi connectivity index (χ2v) is 4.02. The zero-order valence-electron chi connectivity index (χ0n) is 8.85. The van der Waals surface area contributed by atoms with Gasteiger partial charge in [-0.2, -0.15) is 0 Å². The van der Waals surface area contributed by atoms with E-state index in [1.54, 1.807) is 0 Å². The second-order valence-electron chi connectivity index (χ2n) is 4.02. The summed E-state index contributed by atoms with van der Waals surface area (Å²) in [7, 11) is 0. The van der Waals surface area contributed by atoms with Gasteiger partial charge in [0.25, 0.3) is 0 Å². The van der Waals surface area contributed by atoms with Gasteiger partial charge in [0.15, 0.2) is 0 Å². The number of benzene rings is 1. The smallest absolute Gasteiger partial charge is 0.104 e. The molecule has 0 saturated carbocycles. The summed E-state index contributed by atoms with van der Waals surface area (Å²) in [6.07, 6.45) is 10.9. The van der Waals surface area contributed by atoms with Gasteiger partial charge in [-0.25, -0.2) is 0 Å². The van der Waals surface area contributed by atoms with Crippen molar-refractivity contribution in [2.75, 3.05) is 0 Å². The Labute approximate surface area is 94.1 Å².